The van der Waals surface area contributed by atoms with Gasteiger partial charge in [0.2, 0.25) is 0 Å². The third-order valence-electron chi connectivity index (χ3n) is 5.41. The molecule has 0 saturated carbocycles. The molecule has 0 aliphatic carbocycles. The van der Waals surface area contributed by atoms with Crippen LogP contribution in [0.3, 0.4) is 0 Å². The first kappa shape index (κ1) is 14.8. The van der Waals surface area contributed by atoms with E-state index in [1.54, 1.807) is 0 Å². The number of nitrogens with one attached hydrogen (secondary N) is 1. The van der Waals surface area contributed by atoms with Gasteiger partial charge >= 0.3 is 0 Å². The normalized spacial score (nSPS) is 36.0. The number of hydrogen-bond acceptors (Lipinski definition) is 4. The van der Waals surface area contributed by atoms with Crippen molar-refractivity contribution in [3.05, 3.63) is 0 Å². The molecule has 3 heterocycles. The van der Waals surface area contributed by atoms with Crippen LogP contribution in [-0.4, -0.2) is 62.5 Å². The minimum Gasteiger partial charge on any atom is -0.378 e. The molecule has 116 valence electrons. The molecule has 0 bridgehead atoms. The second-order valence-electron chi connectivity index (χ2n) is 6.76. The van der Waals surface area contributed by atoms with Crippen LogP contribution in [0.1, 0.15) is 39.0 Å². The van der Waals surface area contributed by atoms with Crippen LogP contribution < -0.4 is 5.32 Å². The zero-order valence-corrected chi connectivity index (χ0v) is 12.9. The summed E-state index contributed by atoms with van der Waals surface area (Å²) in [6.07, 6.45) is 6.14. The summed E-state index contributed by atoms with van der Waals surface area (Å²) >= 11 is 0. The molecule has 4 heteroatoms. The summed E-state index contributed by atoms with van der Waals surface area (Å²) in [5.74, 6) is 0.884. The summed E-state index contributed by atoms with van der Waals surface area (Å²) < 4.78 is 11.7. The highest BCUT2D eigenvalue weighted by atomic mass is 16.6. The van der Waals surface area contributed by atoms with E-state index in [1.807, 2.05) is 0 Å². The van der Waals surface area contributed by atoms with Crippen molar-refractivity contribution in [1.82, 2.24) is 10.2 Å². The zero-order chi connectivity index (χ0) is 13.8. The molecule has 3 aliphatic rings. The lowest BCUT2D eigenvalue weighted by molar-refractivity contribution is -0.107. The van der Waals surface area contributed by atoms with Crippen molar-refractivity contribution in [1.29, 1.82) is 0 Å². The van der Waals surface area contributed by atoms with Gasteiger partial charge in [0.05, 0.1) is 12.2 Å². The van der Waals surface area contributed by atoms with E-state index in [9.17, 15) is 0 Å². The van der Waals surface area contributed by atoms with Crippen LogP contribution in [0.25, 0.3) is 0 Å². The molecule has 0 aromatic rings. The standard InChI is InChI=1S/C16H30N2O2/c1-2-18(12-14-3-7-17-8-4-14)15-5-9-20-16(11-15)6-10-19-13-16/h14-15,17H,2-13H2,1H3. The molecule has 0 aromatic heterocycles. The molecular formula is C16H30N2O2. The molecule has 3 saturated heterocycles. The lowest BCUT2D eigenvalue weighted by Crippen LogP contribution is -2.50. The number of rotatable bonds is 4. The Bertz CT molecular complexity index is 299. The SMILES string of the molecule is CCN(CC1CCNCC1)C1CCOC2(CCOC2)C1. The largest absolute Gasteiger partial charge is 0.378 e. The van der Waals surface area contributed by atoms with Crippen molar-refractivity contribution in [2.45, 2.75) is 50.7 Å². The molecule has 0 aromatic carbocycles. The molecule has 3 fully saturated rings. The van der Waals surface area contributed by atoms with Crippen molar-refractivity contribution < 1.29 is 9.47 Å². The van der Waals surface area contributed by atoms with Crippen LogP contribution in [-0.2, 0) is 9.47 Å². The van der Waals surface area contributed by atoms with E-state index >= 15 is 0 Å². The molecule has 2 unspecified atom stereocenters. The fraction of sp³-hybridized carbons (Fsp3) is 1.00. The maximum absolute atomic E-state index is 6.08. The molecule has 20 heavy (non-hydrogen) atoms. The molecule has 3 rings (SSSR count). The van der Waals surface area contributed by atoms with Gasteiger partial charge in [0.1, 0.15) is 0 Å². The van der Waals surface area contributed by atoms with E-state index in [0.29, 0.717) is 6.04 Å². The summed E-state index contributed by atoms with van der Waals surface area (Å²) in [7, 11) is 0. The molecular weight excluding hydrogens is 252 g/mol. The van der Waals surface area contributed by atoms with Gasteiger partial charge in [0.25, 0.3) is 0 Å². The van der Waals surface area contributed by atoms with Gasteiger partial charge in [-0.2, -0.15) is 0 Å². The lowest BCUT2D eigenvalue weighted by Gasteiger charge is -2.43. The van der Waals surface area contributed by atoms with Crippen molar-refractivity contribution in [2.75, 3.05) is 46.0 Å². The predicted molar refractivity (Wildman–Crippen MR) is 80.0 cm³/mol. The third kappa shape index (κ3) is 3.35. The van der Waals surface area contributed by atoms with Gasteiger partial charge < -0.3 is 19.7 Å². The first-order valence-electron chi connectivity index (χ1n) is 8.48. The second-order valence-corrected chi connectivity index (χ2v) is 6.76. The quantitative estimate of drug-likeness (QED) is 0.850. The van der Waals surface area contributed by atoms with Crippen molar-refractivity contribution in [2.24, 2.45) is 5.92 Å². The van der Waals surface area contributed by atoms with Gasteiger partial charge in [-0.1, -0.05) is 6.92 Å². The smallest absolute Gasteiger partial charge is 0.0951 e. The fourth-order valence-electron chi connectivity index (χ4n) is 4.11. The van der Waals surface area contributed by atoms with Gasteiger partial charge in [0.15, 0.2) is 0 Å². The number of piperidine rings is 1. The van der Waals surface area contributed by atoms with Crippen LogP contribution >= 0.6 is 0 Å². The van der Waals surface area contributed by atoms with Crippen LogP contribution in [0.5, 0.6) is 0 Å². The van der Waals surface area contributed by atoms with Gasteiger partial charge in [0, 0.05) is 32.2 Å². The Morgan fingerprint density at radius 1 is 1.20 bits per heavy atom. The zero-order valence-electron chi connectivity index (χ0n) is 12.9. The average Bonchev–Trinajstić information content (AvgIpc) is 2.93. The summed E-state index contributed by atoms with van der Waals surface area (Å²) in [4.78, 5) is 2.72. The van der Waals surface area contributed by atoms with Crippen molar-refractivity contribution >= 4 is 0 Å². The molecule has 2 atom stereocenters. The second kappa shape index (κ2) is 6.73. The Kier molecular flexibility index (Phi) is 4.97. The van der Waals surface area contributed by atoms with Crippen molar-refractivity contribution in [3.63, 3.8) is 0 Å². The Balaban J connectivity index is 1.57. The lowest BCUT2D eigenvalue weighted by atomic mass is 9.88. The monoisotopic (exact) mass is 282 g/mol. The first-order chi connectivity index (χ1) is 9.81. The van der Waals surface area contributed by atoms with E-state index in [0.717, 1.165) is 32.2 Å². The predicted octanol–water partition coefficient (Wildman–Crippen LogP) is 1.65. The fourth-order valence-corrected chi connectivity index (χ4v) is 4.11. The highest BCUT2D eigenvalue weighted by molar-refractivity contribution is 4.94. The Labute approximate surface area is 123 Å². The van der Waals surface area contributed by atoms with E-state index < -0.39 is 0 Å². The Morgan fingerprint density at radius 3 is 2.75 bits per heavy atom. The highest BCUT2D eigenvalue weighted by Gasteiger charge is 2.42. The minimum atomic E-state index is 0.0461. The summed E-state index contributed by atoms with van der Waals surface area (Å²) in [6, 6.07) is 0.699. The van der Waals surface area contributed by atoms with Crippen LogP contribution in [0, 0.1) is 5.92 Å². The minimum absolute atomic E-state index is 0.0461. The maximum atomic E-state index is 6.08. The summed E-state index contributed by atoms with van der Waals surface area (Å²) in [5, 5.41) is 3.47. The molecule has 3 aliphatic heterocycles. The molecule has 1 N–H and O–H groups in total. The molecule has 1 spiro atoms. The van der Waals surface area contributed by atoms with Gasteiger partial charge in [-0.3, -0.25) is 0 Å². The van der Waals surface area contributed by atoms with Gasteiger partial charge in [-0.25, -0.2) is 0 Å². The van der Waals surface area contributed by atoms with Crippen molar-refractivity contribution in [3.8, 4) is 0 Å². The van der Waals surface area contributed by atoms with Crippen LogP contribution in [0.15, 0.2) is 0 Å². The summed E-state index contributed by atoms with van der Waals surface area (Å²) in [5.41, 5.74) is 0.0461. The van der Waals surface area contributed by atoms with E-state index in [1.165, 1.54) is 51.9 Å². The number of nitrogens with zero attached hydrogens (tertiary/aromatic N) is 1. The topological polar surface area (TPSA) is 33.7 Å². The highest BCUT2D eigenvalue weighted by Crippen LogP contribution is 2.35. The van der Waals surface area contributed by atoms with Crippen LogP contribution in [0.2, 0.25) is 0 Å². The van der Waals surface area contributed by atoms with Crippen LogP contribution in [0.4, 0.5) is 0 Å². The number of ether oxygens (including phenoxy) is 2. The maximum Gasteiger partial charge on any atom is 0.0951 e. The Morgan fingerprint density at radius 2 is 2.05 bits per heavy atom. The van der Waals surface area contributed by atoms with Gasteiger partial charge in [-0.05, 0) is 51.2 Å². The molecule has 0 radical (unpaired) electrons. The van der Waals surface area contributed by atoms with Gasteiger partial charge in [-0.15, -0.1) is 0 Å². The van der Waals surface area contributed by atoms with E-state index in [-0.39, 0.29) is 5.60 Å². The van der Waals surface area contributed by atoms with E-state index in [4.69, 9.17) is 9.47 Å². The third-order valence-corrected chi connectivity index (χ3v) is 5.41. The molecule has 0 amide bonds. The first-order valence-corrected chi connectivity index (χ1v) is 8.48. The number of hydrogen-bond donors (Lipinski definition) is 1. The molecule has 4 nitrogen and oxygen atoms in total. The average molecular weight is 282 g/mol. The Hall–Kier alpha value is -0.160. The van der Waals surface area contributed by atoms with E-state index in [2.05, 4.69) is 17.1 Å². The summed E-state index contributed by atoms with van der Waals surface area (Å²) in [6.45, 7) is 9.78.